The Morgan fingerprint density at radius 3 is 2.95 bits per heavy atom. The van der Waals surface area contributed by atoms with E-state index in [1.54, 1.807) is 22.2 Å². The molecule has 112 valence electrons. The molecule has 0 fully saturated rings. The largest absolute Gasteiger partial charge is 0.345 e. The fraction of sp³-hybridized carbons (Fsp3) is 0.154. The quantitative estimate of drug-likeness (QED) is 0.749. The number of aryl methyl sites for hydroxylation is 1. The maximum absolute atomic E-state index is 12.0. The SMILES string of the molecule is Cn1nc(C(=O)NCc2cn(-c3cccs3)nn2)ccc1=O. The predicted molar refractivity (Wildman–Crippen MR) is 79.9 cm³/mol. The fourth-order valence-corrected chi connectivity index (χ4v) is 2.42. The van der Waals surface area contributed by atoms with Crippen molar-refractivity contribution in [2.24, 2.45) is 7.05 Å². The van der Waals surface area contributed by atoms with Crippen LogP contribution in [0.5, 0.6) is 0 Å². The summed E-state index contributed by atoms with van der Waals surface area (Å²) in [5.41, 5.74) is 0.537. The normalized spacial score (nSPS) is 10.6. The maximum atomic E-state index is 12.0. The number of hydrogen-bond acceptors (Lipinski definition) is 6. The third-order valence-corrected chi connectivity index (χ3v) is 3.75. The number of nitrogens with zero attached hydrogens (tertiary/aromatic N) is 5. The van der Waals surface area contributed by atoms with Gasteiger partial charge >= 0.3 is 0 Å². The number of amides is 1. The van der Waals surface area contributed by atoms with Crippen molar-refractivity contribution in [1.82, 2.24) is 30.1 Å². The molecule has 0 atom stereocenters. The lowest BCUT2D eigenvalue weighted by Crippen LogP contribution is -2.28. The van der Waals surface area contributed by atoms with Gasteiger partial charge in [0.15, 0.2) is 0 Å². The molecule has 0 saturated heterocycles. The molecule has 3 heterocycles. The van der Waals surface area contributed by atoms with Crippen LogP contribution in [0.25, 0.3) is 5.00 Å². The number of thiophene rings is 1. The smallest absolute Gasteiger partial charge is 0.272 e. The van der Waals surface area contributed by atoms with Gasteiger partial charge in [-0.15, -0.1) is 16.4 Å². The molecule has 0 aliphatic rings. The highest BCUT2D eigenvalue weighted by Crippen LogP contribution is 2.13. The van der Waals surface area contributed by atoms with Crippen molar-refractivity contribution < 1.29 is 4.79 Å². The number of nitrogens with one attached hydrogen (secondary N) is 1. The van der Waals surface area contributed by atoms with Crippen molar-refractivity contribution in [2.75, 3.05) is 0 Å². The third-order valence-electron chi connectivity index (χ3n) is 2.90. The number of carbonyl (C=O) groups excluding carboxylic acids is 1. The summed E-state index contributed by atoms with van der Waals surface area (Å²) in [6.07, 6.45) is 1.75. The molecule has 9 heteroatoms. The maximum Gasteiger partial charge on any atom is 0.272 e. The van der Waals surface area contributed by atoms with Gasteiger partial charge in [0.25, 0.3) is 11.5 Å². The first-order chi connectivity index (χ1) is 10.6. The molecule has 3 aromatic heterocycles. The summed E-state index contributed by atoms with van der Waals surface area (Å²) in [5.74, 6) is -0.374. The molecule has 0 spiro atoms. The van der Waals surface area contributed by atoms with Crippen LogP contribution in [0.1, 0.15) is 16.2 Å². The van der Waals surface area contributed by atoms with Crippen LogP contribution in [0.15, 0.2) is 40.6 Å². The Labute approximate surface area is 129 Å². The molecule has 3 rings (SSSR count). The minimum Gasteiger partial charge on any atom is -0.345 e. The highest BCUT2D eigenvalue weighted by Gasteiger charge is 2.10. The standard InChI is InChI=1S/C13H12N6O2S/c1-18-11(20)5-4-10(16-18)13(21)14-7-9-8-19(17-15-9)12-3-2-6-22-12/h2-6,8H,7H2,1H3,(H,14,21). The fourth-order valence-electron chi connectivity index (χ4n) is 1.77. The van der Waals surface area contributed by atoms with Crippen LogP contribution >= 0.6 is 11.3 Å². The lowest BCUT2D eigenvalue weighted by atomic mass is 10.3. The second-order valence-electron chi connectivity index (χ2n) is 4.47. The summed E-state index contributed by atoms with van der Waals surface area (Å²) in [4.78, 5) is 23.2. The summed E-state index contributed by atoms with van der Waals surface area (Å²) in [7, 11) is 1.49. The Bertz CT molecular complexity index is 852. The lowest BCUT2D eigenvalue weighted by molar-refractivity contribution is 0.0943. The molecule has 0 aliphatic carbocycles. The minimum absolute atomic E-state index is 0.174. The van der Waals surface area contributed by atoms with E-state index < -0.39 is 0 Å². The van der Waals surface area contributed by atoms with Crippen LogP contribution < -0.4 is 10.9 Å². The first-order valence-corrected chi connectivity index (χ1v) is 7.29. The zero-order valence-corrected chi connectivity index (χ0v) is 12.4. The predicted octanol–water partition coefficient (Wildman–Crippen LogP) is 0.352. The molecule has 0 unspecified atom stereocenters. The van der Waals surface area contributed by atoms with Crippen LogP contribution in [-0.2, 0) is 13.6 Å². The van der Waals surface area contributed by atoms with Gasteiger partial charge in [-0.05, 0) is 23.6 Å². The van der Waals surface area contributed by atoms with Crippen LogP contribution in [0.2, 0.25) is 0 Å². The van der Waals surface area contributed by atoms with Crippen molar-refractivity contribution >= 4 is 17.2 Å². The third kappa shape index (κ3) is 2.93. The molecular weight excluding hydrogens is 304 g/mol. The average Bonchev–Trinajstić information content (AvgIpc) is 3.18. The molecule has 22 heavy (non-hydrogen) atoms. The molecule has 3 aromatic rings. The van der Waals surface area contributed by atoms with Crippen molar-refractivity contribution in [3.8, 4) is 5.00 Å². The Morgan fingerprint density at radius 2 is 2.23 bits per heavy atom. The van der Waals surface area contributed by atoms with Gasteiger partial charge in [0.1, 0.15) is 16.4 Å². The minimum atomic E-state index is -0.374. The van der Waals surface area contributed by atoms with Crippen molar-refractivity contribution in [1.29, 1.82) is 0 Å². The van der Waals surface area contributed by atoms with Gasteiger partial charge in [-0.1, -0.05) is 5.21 Å². The van der Waals surface area contributed by atoms with Crippen LogP contribution in [0.4, 0.5) is 0 Å². The monoisotopic (exact) mass is 316 g/mol. The van der Waals surface area contributed by atoms with Crippen LogP contribution in [-0.4, -0.2) is 30.7 Å². The summed E-state index contributed by atoms with van der Waals surface area (Å²) in [6, 6.07) is 6.54. The van der Waals surface area contributed by atoms with Gasteiger partial charge < -0.3 is 5.32 Å². The van der Waals surface area contributed by atoms with E-state index in [1.165, 1.54) is 19.2 Å². The molecule has 0 aromatic carbocycles. The van der Waals surface area contributed by atoms with Crippen LogP contribution in [0, 0.1) is 0 Å². The lowest BCUT2D eigenvalue weighted by Gasteiger charge is -2.03. The average molecular weight is 316 g/mol. The molecule has 0 aliphatic heterocycles. The van der Waals surface area contributed by atoms with Crippen molar-refractivity contribution in [3.63, 3.8) is 0 Å². The number of carbonyl (C=O) groups is 1. The number of hydrogen-bond donors (Lipinski definition) is 1. The van der Waals surface area contributed by atoms with Crippen molar-refractivity contribution in [2.45, 2.75) is 6.54 Å². The highest BCUT2D eigenvalue weighted by molar-refractivity contribution is 7.12. The zero-order chi connectivity index (χ0) is 15.5. The summed E-state index contributed by atoms with van der Waals surface area (Å²) >= 11 is 1.54. The number of aromatic nitrogens is 5. The number of rotatable bonds is 4. The molecular formula is C13H12N6O2S. The molecule has 1 amide bonds. The van der Waals surface area contributed by atoms with Gasteiger partial charge in [-0.25, -0.2) is 9.36 Å². The van der Waals surface area contributed by atoms with E-state index in [2.05, 4.69) is 20.7 Å². The second kappa shape index (κ2) is 5.90. The summed E-state index contributed by atoms with van der Waals surface area (Å²) in [5, 5.41) is 17.5. The Balaban J connectivity index is 1.66. The van der Waals surface area contributed by atoms with E-state index in [4.69, 9.17) is 0 Å². The Hall–Kier alpha value is -2.81. The molecule has 0 radical (unpaired) electrons. The second-order valence-corrected chi connectivity index (χ2v) is 5.39. The van der Waals surface area contributed by atoms with Gasteiger partial charge in [-0.3, -0.25) is 9.59 Å². The van der Waals surface area contributed by atoms with Gasteiger partial charge in [0, 0.05) is 13.1 Å². The van der Waals surface area contributed by atoms with E-state index in [0.29, 0.717) is 5.69 Å². The molecule has 8 nitrogen and oxygen atoms in total. The van der Waals surface area contributed by atoms with E-state index in [1.807, 2.05) is 17.5 Å². The van der Waals surface area contributed by atoms with Gasteiger partial charge in [0.05, 0.1) is 12.7 Å². The van der Waals surface area contributed by atoms with Crippen LogP contribution in [0.3, 0.4) is 0 Å². The van der Waals surface area contributed by atoms with E-state index >= 15 is 0 Å². The first kappa shape index (κ1) is 14.1. The topological polar surface area (TPSA) is 94.7 Å². The summed E-state index contributed by atoms with van der Waals surface area (Å²) in [6.45, 7) is 0.231. The Kier molecular flexibility index (Phi) is 3.79. The van der Waals surface area contributed by atoms with Crippen molar-refractivity contribution in [3.05, 3.63) is 57.6 Å². The molecule has 1 N–H and O–H groups in total. The van der Waals surface area contributed by atoms with E-state index in [0.717, 1.165) is 9.68 Å². The summed E-state index contributed by atoms with van der Waals surface area (Å²) < 4.78 is 2.76. The molecule has 0 bridgehead atoms. The van der Waals surface area contributed by atoms with Gasteiger partial charge in [-0.2, -0.15) is 5.10 Å². The zero-order valence-electron chi connectivity index (χ0n) is 11.6. The van der Waals surface area contributed by atoms with E-state index in [9.17, 15) is 9.59 Å². The molecule has 0 saturated carbocycles. The first-order valence-electron chi connectivity index (χ1n) is 6.41. The van der Waals surface area contributed by atoms with E-state index in [-0.39, 0.29) is 23.7 Å². The van der Waals surface area contributed by atoms with Gasteiger partial charge in [0.2, 0.25) is 0 Å². The highest BCUT2D eigenvalue weighted by atomic mass is 32.1. The Morgan fingerprint density at radius 1 is 1.36 bits per heavy atom.